The number of hydrogen-bond donors (Lipinski definition) is 1. The molecule has 35 heavy (non-hydrogen) atoms. The highest BCUT2D eigenvalue weighted by atomic mass is 32.1. The van der Waals surface area contributed by atoms with Crippen molar-refractivity contribution in [2.24, 2.45) is 0 Å². The number of benzene rings is 3. The van der Waals surface area contributed by atoms with Gasteiger partial charge in [-0.15, -0.1) is 11.3 Å². The van der Waals surface area contributed by atoms with Crippen LogP contribution in [0.4, 0.5) is 22.0 Å². The topological polar surface area (TPSA) is 46.5 Å². The number of thiophene rings is 1. The van der Waals surface area contributed by atoms with Gasteiger partial charge in [0.15, 0.2) is 0 Å². The van der Waals surface area contributed by atoms with Gasteiger partial charge >= 0.3 is 18.3 Å². The maximum atomic E-state index is 13.1. The smallest absolute Gasteiger partial charge is 0.416 e. The lowest BCUT2D eigenvalue weighted by molar-refractivity contribution is -0.196. The summed E-state index contributed by atoms with van der Waals surface area (Å²) in [5.74, 6) is -0.562. The lowest BCUT2D eigenvalue weighted by Crippen LogP contribution is -2.16. The normalized spacial score (nSPS) is 12.2. The molecule has 0 spiro atoms. The quantitative estimate of drug-likeness (QED) is 0.217. The molecule has 0 aliphatic heterocycles. The molecule has 0 saturated carbocycles. The van der Waals surface area contributed by atoms with E-state index in [-0.39, 0.29) is 17.0 Å². The lowest BCUT2D eigenvalue weighted by atomic mass is 9.93. The third-order valence-electron chi connectivity index (χ3n) is 5.36. The maximum Gasteiger partial charge on any atom is 0.416 e. The molecule has 0 unspecified atom stereocenters. The highest BCUT2D eigenvalue weighted by molar-refractivity contribution is 7.10. The molecule has 0 aliphatic carbocycles. The number of carbonyl (C=O) groups excluding carboxylic acids is 1. The zero-order valence-corrected chi connectivity index (χ0v) is 19.1. The van der Waals surface area contributed by atoms with E-state index in [1.807, 2.05) is 0 Å². The summed E-state index contributed by atoms with van der Waals surface area (Å²) in [6.45, 7) is 1.83. The first kappa shape index (κ1) is 24.8. The van der Waals surface area contributed by atoms with Crippen molar-refractivity contribution in [3.8, 4) is 22.3 Å². The number of aliphatic hydroxyl groups is 1. The molecule has 0 aliphatic rings. The van der Waals surface area contributed by atoms with Crippen molar-refractivity contribution in [1.82, 2.24) is 0 Å². The molecule has 182 valence electrons. The molecule has 0 amide bonds. The van der Waals surface area contributed by atoms with Gasteiger partial charge in [0.25, 0.3) is 0 Å². The van der Waals surface area contributed by atoms with Crippen LogP contribution < -0.4 is 0 Å². The van der Waals surface area contributed by atoms with Gasteiger partial charge in [-0.1, -0.05) is 24.3 Å². The molecule has 1 aromatic heterocycles. The van der Waals surface area contributed by atoms with Crippen LogP contribution >= 0.6 is 11.3 Å². The van der Waals surface area contributed by atoms with Crippen molar-refractivity contribution in [3.63, 3.8) is 0 Å². The summed E-state index contributed by atoms with van der Waals surface area (Å²) < 4.78 is 70.0. The van der Waals surface area contributed by atoms with Crippen molar-refractivity contribution >= 4 is 28.1 Å². The van der Waals surface area contributed by atoms with Crippen molar-refractivity contribution < 1.29 is 36.6 Å². The summed E-state index contributed by atoms with van der Waals surface area (Å²) in [4.78, 5) is 12.8. The first-order valence-corrected chi connectivity index (χ1v) is 11.4. The second-order valence-electron chi connectivity index (χ2n) is 7.90. The molecule has 4 rings (SSSR count). The van der Waals surface area contributed by atoms with E-state index in [4.69, 9.17) is 9.84 Å². The van der Waals surface area contributed by atoms with Gasteiger partial charge in [0.2, 0.25) is 0 Å². The molecule has 4 aromatic rings. The molecule has 0 saturated heterocycles. The van der Waals surface area contributed by atoms with Crippen LogP contribution in [0.3, 0.4) is 0 Å². The van der Waals surface area contributed by atoms with Crippen LogP contribution in [-0.4, -0.2) is 23.8 Å². The Balaban J connectivity index is 1.82. The minimum Gasteiger partial charge on any atom is -0.462 e. The summed E-state index contributed by atoms with van der Waals surface area (Å²) in [6.07, 6.45) is -9.11. The van der Waals surface area contributed by atoms with E-state index in [0.29, 0.717) is 33.0 Å². The molecule has 3 aromatic carbocycles. The van der Waals surface area contributed by atoms with E-state index < -0.39 is 30.2 Å². The van der Waals surface area contributed by atoms with Gasteiger partial charge in [-0.3, -0.25) is 0 Å². The number of alkyl halides is 5. The molecule has 3 nitrogen and oxygen atoms in total. The van der Waals surface area contributed by atoms with E-state index in [9.17, 15) is 26.7 Å². The Hall–Kier alpha value is -3.30. The van der Waals surface area contributed by atoms with Crippen LogP contribution in [0.2, 0.25) is 0 Å². The van der Waals surface area contributed by atoms with Crippen LogP contribution in [0.5, 0.6) is 0 Å². The van der Waals surface area contributed by atoms with Gasteiger partial charge in [0.1, 0.15) is 0 Å². The van der Waals surface area contributed by atoms with Gasteiger partial charge < -0.3 is 9.84 Å². The van der Waals surface area contributed by atoms with E-state index in [1.165, 1.54) is 18.2 Å². The van der Waals surface area contributed by atoms with Gasteiger partial charge in [0.05, 0.1) is 24.2 Å². The van der Waals surface area contributed by atoms with Gasteiger partial charge in [-0.05, 0) is 81.7 Å². The van der Waals surface area contributed by atoms with Crippen LogP contribution in [0.15, 0.2) is 66.0 Å². The zero-order chi connectivity index (χ0) is 25.4. The average molecular weight is 506 g/mol. The van der Waals surface area contributed by atoms with Crippen molar-refractivity contribution in [1.29, 1.82) is 0 Å². The summed E-state index contributed by atoms with van der Waals surface area (Å²) in [7, 11) is 0. The fraction of sp³-hybridized carbons (Fsp3) is 0.192. The van der Waals surface area contributed by atoms with E-state index >= 15 is 0 Å². The van der Waals surface area contributed by atoms with Crippen molar-refractivity contribution in [3.05, 3.63) is 82.0 Å². The van der Waals surface area contributed by atoms with Gasteiger partial charge in [-0.2, -0.15) is 22.0 Å². The number of rotatable bonds is 6. The molecule has 1 heterocycles. The van der Waals surface area contributed by atoms with Crippen LogP contribution in [0, 0.1) is 0 Å². The highest BCUT2D eigenvalue weighted by Gasteiger charge is 2.30. The molecule has 1 N–H and O–H groups in total. The van der Waals surface area contributed by atoms with Crippen LogP contribution in [-0.2, 0) is 17.3 Å². The van der Waals surface area contributed by atoms with Gasteiger partial charge in [0, 0.05) is 4.88 Å². The molecule has 9 heteroatoms. The molecular formula is C26H19F5O3S. The van der Waals surface area contributed by atoms with Crippen molar-refractivity contribution in [2.75, 3.05) is 6.61 Å². The summed E-state index contributed by atoms with van der Waals surface area (Å²) in [6, 6.07) is 14.8. The molecule has 0 fully saturated rings. The number of ether oxygens (including phenoxy) is 1. The van der Waals surface area contributed by atoms with E-state index in [2.05, 4.69) is 0 Å². The third kappa shape index (κ3) is 5.68. The SMILES string of the molecule is CCOC(=O)c1cc(-c2csc(CC(O)(F)F)c2)c2ccc(-c3ccc(C(F)(F)F)cc3)cc2c1. The second-order valence-corrected chi connectivity index (χ2v) is 8.90. The number of hydrogen-bond acceptors (Lipinski definition) is 4. The van der Waals surface area contributed by atoms with Crippen molar-refractivity contribution in [2.45, 2.75) is 25.6 Å². The second kappa shape index (κ2) is 9.39. The monoisotopic (exact) mass is 506 g/mol. The Labute approximate surface area is 201 Å². The molecule has 0 bridgehead atoms. The fourth-order valence-electron chi connectivity index (χ4n) is 3.80. The fourth-order valence-corrected chi connectivity index (χ4v) is 4.72. The predicted molar refractivity (Wildman–Crippen MR) is 125 cm³/mol. The summed E-state index contributed by atoms with van der Waals surface area (Å²) >= 11 is 1.06. The van der Waals surface area contributed by atoms with Gasteiger partial charge in [-0.25, -0.2) is 4.79 Å². The Bertz CT molecular complexity index is 1370. The Morgan fingerprint density at radius 3 is 2.23 bits per heavy atom. The molecule has 0 radical (unpaired) electrons. The Kier molecular flexibility index (Phi) is 6.66. The molecule has 0 atom stereocenters. The largest absolute Gasteiger partial charge is 0.462 e. The minimum atomic E-state index is -4.44. The Morgan fingerprint density at radius 2 is 1.60 bits per heavy atom. The predicted octanol–water partition coefficient (Wildman–Crippen LogP) is 7.56. The first-order chi connectivity index (χ1) is 16.4. The number of fused-ring (bicyclic) bond motifs is 1. The first-order valence-electron chi connectivity index (χ1n) is 10.5. The number of carbonyl (C=O) groups is 1. The van der Waals surface area contributed by atoms with Crippen LogP contribution in [0.1, 0.15) is 27.7 Å². The summed E-state index contributed by atoms with van der Waals surface area (Å²) in [5, 5.41) is 11.9. The highest BCUT2D eigenvalue weighted by Crippen LogP contribution is 2.37. The number of halogens is 5. The maximum absolute atomic E-state index is 13.1. The number of esters is 1. The van der Waals surface area contributed by atoms with E-state index in [0.717, 1.165) is 23.5 Å². The van der Waals surface area contributed by atoms with Crippen LogP contribution in [0.25, 0.3) is 33.0 Å². The third-order valence-corrected chi connectivity index (χ3v) is 6.30. The standard InChI is InChI=1S/C26H19F5O3S/c1-2-34-24(32)18-10-17-9-16(15-3-6-20(7-4-15)26(29,30)31)5-8-22(17)23(12-18)19-11-21(35-14-19)13-25(27,28)33/h3-12,14,33H,2,13H2,1H3. The minimum absolute atomic E-state index is 0.159. The average Bonchev–Trinajstić information content (AvgIpc) is 3.24. The summed E-state index contributed by atoms with van der Waals surface area (Å²) in [5.41, 5.74) is 1.89. The zero-order valence-electron chi connectivity index (χ0n) is 18.3. The Morgan fingerprint density at radius 1 is 0.914 bits per heavy atom. The molecular weight excluding hydrogens is 487 g/mol. The van der Waals surface area contributed by atoms with E-state index in [1.54, 1.807) is 42.6 Å². The lowest BCUT2D eigenvalue weighted by Gasteiger charge is -2.12.